The first-order valence-electron chi connectivity index (χ1n) is 6.34. The van der Waals surface area contributed by atoms with Gasteiger partial charge in [-0.2, -0.15) is 5.10 Å². The third-order valence-corrected chi connectivity index (χ3v) is 3.05. The summed E-state index contributed by atoms with van der Waals surface area (Å²) < 4.78 is 1.35. The van der Waals surface area contributed by atoms with Crippen molar-refractivity contribution in [1.29, 1.82) is 0 Å². The Bertz CT molecular complexity index is 616. The lowest BCUT2D eigenvalue weighted by atomic mass is 9.91. The van der Waals surface area contributed by atoms with Crippen LogP contribution in [0.25, 0.3) is 5.65 Å². The number of nitrogens with zero attached hydrogens (tertiary/aromatic N) is 3. The van der Waals surface area contributed by atoms with E-state index in [2.05, 4.69) is 41.3 Å². The first kappa shape index (κ1) is 13.5. The van der Waals surface area contributed by atoms with E-state index in [1.807, 2.05) is 0 Å². The van der Waals surface area contributed by atoms with E-state index in [0.717, 1.165) is 6.42 Å². The highest BCUT2D eigenvalue weighted by atomic mass is 16.1. The topological polar surface area (TPSA) is 101 Å². The van der Waals surface area contributed by atoms with E-state index < -0.39 is 0 Å². The molecule has 19 heavy (non-hydrogen) atoms. The largest absolute Gasteiger partial charge is 0.363 e. The SMILES string of the molecule is CC(C)CC(C)(CN)Nc1cc2n[nH]c(=O)n2cn1. The molecule has 0 aliphatic carbocycles. The quantitative estimate of drug-likeness (QED) is 0.734. The Morgan fingerprint density at radius 1 is 1.58 bits per heavy atom. The molecular weight excluding hydrogens is 244 g/mol. The molecule has 7 heteroatoms. The third-order valence-electron chi connectivity index (χ3n) is 3.05. The first-order valence-corrected chi connectivity index (χ1v) is 6.34. The van der Waals surface area contributed by atoms with Gasteiger partial charge in [0.15, 0.2) is 5.65 Å². The summed E-state index contributed by atoms with van der Waals surface area (Å²) in [6.07, 6.45) is 2.39. The molecule has 0 aliphatic heterocycles. The number of fused-ring (bicyclic) bond motifs is 1. The lowest BCUT2D eigenvalue weighted by molar-refractivity contribution is 0.406. The Hall–Kier alpha value is -1.89. The van der Waals surface area contributed by atoms with E-state index in [9.17, 15) is 4.79 Å². The molecule has 0 amide bonds. The molecule has 2 aromatic heterocycles. The van der Waals surface area contributed by atoms with Gasteiger partial charge in [-0.1, -0.05) is 13.8 Å². The van der Waals surface area contributed by atoms with Gasteiger partial charge in [0.05, 0.1) is 0 Å². The van der Waals surface area contributed by atoms with Crippen molar-refractivity contribution in [3.63, 3.8) is 0 Å². The molecule has 1 atom stereocenters. The van der Waals surface area contributed by atoms with E-state index in [1.54, 1.807) is 6.07 Å². The van der Waals surface area contributed by atoms with Gasteiger partial charge in [0.25, 0.3) is 0 Å². The van der Waals surface area contributed by atoms with E-state index in [0.29, 0.717) is 23.9 Å². The monoisotopic (exact) mass is 264 g/mol. The van der Waals surface area contributed by atoms with Crippen LogP contribution in [-0.2, 0) is 0 Å². The van der Waals surface area contributed by atoms with Crippen molar-refractivity contribution in [3.8, 4) is 0 Å². The minimum atomic E-state index is -0.294. The lowest BCUT2D eigenvalue weighted by Gasteiger charge is -2.31. The molecule has 1 unspecified atom stereocenters. The van der Waals surface area contributed by atoms with Gasteiger partial charge >= 0.3 is 5.69 Å². The molecule has 2 rings (SSSR count). The van der Waals surface area contributed by atoms with Crippen LogP contribution < -0.4 is 16.7 Å². The van der Waals surface area contributed by atoms with E-state index in [1.165, 1.54) is 10.7 Å². The maximum atomic E-state index is 11.3. The summed E-state index contributed by atoms with van der Waals surface area (Å²) in [4.78, 5) is 15.6. The minimum Gasteiger partial charge on any atom is -0.363 e. The second-order valence-corrected chi connectivity index (χ2v) is 5.52. The highest BCUT2D eigenvalue weighted by Gasteiger charge is 2.24. The van der Waals surface area contributed by atoms with Crippen LogP contribution in [0.2, 0.25) is 0 Å². The zero-order chi connectivity index (χ0) is 14.0. The summed E-state index contributed by atoms with van der Waals surface area (Å²) in [5, 5.41) is 9.62. The number of nitrogens with one attached hydrogen (secondary N) is 2. The molecule has 4 N–H and O–H groups in total. The molecule has 0 spiro atoms. The number of nitrogens with two attached hydrogens (primary N) is 1. The summed E-state index contributed by atoms with van der Waals surface area (Å²) in [7, 11) is 0. The maximum absolute atomic E-state index is 11.3. The van der Waals surface area contributed by atoms with Gasteiger partial charge in [0.2, 0.25) is 0 Å². The van der Waals surface area contributed by atoms with Crippen molar-refractivity contribution in [3.05, 3.63) is 22.9 Å². The Morgan fingerprint density at radius 2 is 2.32 bits per heavy atom. The first-order chi connectivity index (χ1) is 8.93. The average Bonchev–Trinajstić information content (AvgIpc) is 2.69. The van der Waals surface area contributed by atoms with E-state index >= 15 is 0 Å². The molecule has 0 fully saturated rings. The summed E-state index contributed by atoms with van der Waals surface area (Å²) in [6, 6.07) is 1.73. The molecule has 0 saturated heterocycles. The predicted molar refractivity (Wildman–Crippen MR) is 74.1 cm³/mol. The van der Waals surface area contributed by atoms with Gasteiger partial charge in [0, 0.05) is 18.2 Å². The van der Waals surface area contributed by atoms with Crippen LogP contribution in [0.5, 0.6) is 0 Å². The predicted octanol–water partition coefficient (Wildman–Crippen LogP) is 0.593. The highest BCUT2D eigenvalue weighted by Crippen LogP contribution is 2.20. The molecule has 0 radical (unpaired) electrons. The van der Waals surface area contributed by atoms with Crippen LogP contribution in [0.15, 0.2) is 17.2 Å². The number of hydrogen-bond acceptors (Lipinski definition) is 5. The fourth-order valence-corrected chi connectivity index (χ4v) is 2.27. The van der Waals surface area contributed by atoms with Crippen LogP contribution in [0.3, 0.4) is 0 Å². The van der Waals surface area contributed by atoms with E-state index in [4.69, 9.17) is 5.73 Å². The zero-order valence-electron chi connectivity index (χ0n) is 11.5. The molecule has 7 nitrogen and oxygen atoms in total. The molecule has 2 heterocycles. The average molecular weight is 264 g/mol. The van der Waals surface area contributed by atoms with Crippen molar-refractivity contribution >= 4 is 11.5 Å². The number of hydrogen-bond donors (Lipinski definition) is 3. The standard InChI is InChI=1S/C12H20N6O/c1-8(2)5-12(3,6-13)15-9-4-10-16-17-11(19)18(10)7-14-9/h4,7-8,15H,5-6,13H2,1-3H3,(H,17,19). The molecule has 0 bridgehead atoms. The van der Waals surface area contributed by atoms with Crippen LogP contribution in [-0.4, -0.2) is 31.7 Å². The smallest absolute Gasteiger partial charge is 0.348 e. The molecule has 0 aromatic carbocycles. The Labute approximate surface area is 111 Å². The maximum Gasteiger partial charge on any atom is 0.348 e. The van der Waals surface area contributed by atoms with Gasteiger partial charge < -0.3 is 11.1 Å². The Morgan fingerprint density at radius 3 is 2.95 bits per heavy atom. The summed E-state index contributed by atoms with van der Waals surface area (Å²) in [5.41, 5.74) is 5.87. The highest BCUT2D eigenvalue weighted by molar-refractivity contribution is 5.49. The number of rotatable bonds is 5. The molecular formula is C12H20N6O. The summed E-state index contributed by atoms with van der Waals surface area (Å²) in [5.74, 6) is 1.19. The molecule has 0 aliphatic rings. The second kappa shape index (κ2) is 5.00. The fraction of sp³-hybridized carbons (Fsp3) is 0.583. The van der Waals surface area contributed by atoms with Crippen molar-refractivity contribution < 1.29 is 0 Å². The number of aromatic nitrogens is 4. The van der Waals surface area contributed by atoms with Gasteiger partial charge in [-0.05, 0) is 19.3 Å². The lowest BCUT2D eigenvalue weighted by Crippen LogP contribution is -2.43. The van der Waals surface area contributed by atoms with Crippen LogP contribution in [0.1, 0.15) is 27.2 Å². The van der Waals surface area contributed by atoms with Crippen LogP contribution >= 0.6 is 0 Å². The van der Waals surface area contributed by atoms with Crippen LogP contribution in [0, 0.1) is 5.92 Å². The second-order valence-electron chi connectivity index (χ2n) is 5.52. The summed E-state index contributed by atoms with van der Waals surface area (Å²) >= 11 is 0. The fourth-order valence-electron chi connectivity index (χ4n) is 2.27. The van der Waals surface area contributed by atoms with E-state index in [-0.39, 0.29) is 11.2 Å². The summed E-state index contributed by atoms with van der Waals surface area (Å²) in [6.45, 7) is 6.87. The normalized spacial score (nSPS) is 14.8. The molecule has 0 saturated carbocycles. The Balaban J connectivity index is 2.26. The number of aromatic amines is 1. The number of anilines is 1. The van der Waals surface area contributed by atoms with Crippen molar-refractivity contribution in [2.75, 3.05) is 11.9 Å². The van der Waals surface area contributed by atoms with Crippen LogP contribution in [0.4, 0.5) is 5.82 Å². The molecule has 2 aromatic rings. The minimum absolute atomic E-state index is 0.226. The van der Waals surface area contributed by atoms with Gasteiger partial charge in [-0.3, -0.25) is 0 Å². The zero-order valence-corrected chi connectivity index (χ0v) is 11.5. The number of H-pyrrole nitrogens is 1. The van der Waals surface area contributed by atoms with Gasteiger partial charge in [-0.25, -0.2) is 19.3 Å². The molecule has 104 valence electrons. The Kier molecular flexibility index (Phi) is 3.57. The van der Waals surface area contributed by atoms with Gasteiger partial charge in [-0.15, -0.1) is 0 Å². The van der Waals surface area contributed by atoms with Gasteiger partial charge in [0.1, 0.15) is 12.1 Å². The third kappa shape index (κ3) is 2.93. The van der Waals surface area contributed by atoms with Crippen molar-refractivity contribution in [1.82, 2.24) is 19.6 Å². The van der Waals surface area contributed by atoms with Crippen molar-refractivity contribution in [2.45, 2.75) is 32.7 Å². The van der Waals surface area contributed by atoms with Crippen molar-refractivity contribution in [2.24, 2.45) is 11.7 Å².